The lowest BCUT2D eigenvalue weighted by molar-refractivity contribution is 0.667. The first kappa shape index (κ1) is 16.7. The first-order valence-electron chi connectivity index (χ1n) is 8.13. The van der Waals surface area contributed by atoms with Crippen LogP contribution in [0, 0.1) is 24.2 Å². The maximum Gasteiger partial charge on any atom is 0.121 e. The van der Waals surface area contributed by atoms with E-state index < -0.39 is 0 Å². The monoisotopic (exact) mass is 350 g/mol. The molecule has 0 bridgehead atoms. The largest absolute Gasteiger partial charge is 0.172 e. The Labute approximate surface area is 151 Å². The maximum atomic E-state index is 5.52. The smallest absolute Gasteiger partial charge is 0.121 e. The molecule has 0 aliphatic carbocycles. The Morgan fingerprint density at radius 1 is 1.00 bits per heavy atom. The summed E-state index contributed by atoms with van der Waals surface area (Å²) in [5, 5.41) is 2.13. The van der Waals surface area contributed by atoms with Gasteiger partial charge in [-0.3, -0.25) is 0 Å². The lowest BCUT2D eigenvalue weighted by Crippen LogP contribution is -1.87. The highest BCUT2D eigenvalue weighted by molar-refractivity contribution is 7.10. The van der Waals surface area contributed by atoms with Crippen molar-refractivity contribution in [1.29, 1.82) is 0 Å². The van der Waals surface area contributed by atoms with Gasteiger partial charge in [-0.05, 0) is 42.0 Å². The van der Waals surface area contributed by atoms with Gasteiger partial charge < -0.3 is 0 Å². The number of unbranched alkanes of at least 4 members (excludes halogenated alkanes) is 3. The molecule has 0 amide bonds. The van der Waals surface area contributed by atoms with Crippen LogP contribution in [0.3, 0.4) is 0 Å². The van der Waals surface area contributed by atoms with Crippen molar-refractivity contribution in [1.82, 2.24) is 8.75 Å². The van der Waals surface area contributed by atoms with Gasteiger partial charge in [0.1, 0.15) is 11.0 Å². The quantitative estimate of drug-likeness (QED) is 0.463. The number of hydrogen-bond acceptors (Lipinski definition) is 4. The number of thiophene rings is 1. The maximum absolute atomic E-state index is 5.52. The molecule has 0 N–H and O–H groups in total. The summed E-state index contributed by atoms with van der Waals surface area (Å²) in [5.41, 5.74) is 4.61. The number of nitrogens with zero attached hydrogens (tertiary/aromatic N) is 2. The lowest BCUT2D eigenvalue weighted by Gasteiger charge is -1.99. The third-order valence-electron chi connectivity index (χ3n) is 3.93. The van der Waals surface area contributed by atoms with Crippen LogP contribution >= 0.6 is 23.1 Å². The molecule has 0 spiro atoms. The second-order valence-electron chi connectivity index (χ2n) is 5.60. The summed E-state index contributed by atoms with van der Waals surface area (Å²) < 4.78 is 8.65. The van der Waals surface area contributed by atoms with E-state index in [4.69, 9.17) is 6.42 Å². The van der Waals surface area contributed by atoms with Crippen molar-refractivity contribution in [2.75, 3.05) is 0 Å². The average molecular weight is 351 g/mol. The van der Waals surface area contributed by atoms with Crippen LogP contribution in [0.25, 0.3) is 11.0 Å². The number of hydrogen-bond donors (Lipinski definition) is 0. The van der Waals surface area contributed by atoms with Crippen LogP contribution in [0.2, 0.25) is 0 Å². The fourth-order valence-electron chi connectivity index (χ4n) is 2.59. The molecule has 3 rings (SSSR count). The van der Waals surface area contributed by atoms with Crippen LogP contribution in [0.15, 0.2) is 23.6 Å². The minimum absolute atomic E-state index is 0.775. The fourth-order valence-corrected chi connectivity index (χ4v) is 3.97. The third-order valence-corrected chi connectivity index (χ3v) is 5.33. The molecule has 4 heteroatoms. The van der Waals surface area contributed by atoms with Crippen LogP contribution in [-0.4, -0.2) is 8.75 Å². The van der Waals surface area contributed by atoms with Crippen molar-refractivity contribution in [3.8, 4) is 24.2 Å². The molecule has 0 saturated heterocycles. The summed E-state index contributed by atoms with van der Waals surface area (Å²) in [4.78, 5) is 1.16. The van der Waals surface area contributed by atoms with Gasteiger partial charge in [-0.25, -0.2) is 0 Å². The van der Waals surface area contributed by atoms with E-state index in [0.717, 1.165) is 33.5 Å². The molecular weight excluding hydrogens is 332 g/mol. The van der Waals surface area contributed by atoms with Gasteiger partial charge in [-0.2, -0.15) is 8.75 Å². The van der Waals surface area contributed by atoms with Gasteiger partial charge >= 0.3 is 0 Å². The minimum Gasteiger partial charge on any atom is -0.172 e. The van der Waals surface area contributed by atoms with Crippen molar-refractivity contribution in [2.45, 2.75) is 39.0 Å². The average Bonchev–Trinajstić information content (AvgIpc) is 3.26. The highest BCUT2D eigenvalue weighted by atomic mass is 32.1. The molecule has 2 heterocycles. The zero-order valence-electron chi connectivity index (χ0n) is 13.6. The molecule has 3 aromatic rings. The van der Waals surface area contributed by atoms with Crippen molar-refractivity contribution in [3.05, 3.63) is 45.1 Å². The number of aryl methyl sites for hydroxylation is 1. The molecule has 2 nitrogen and oxygen atoms in total. The van der Waals surface area contributed by atoms with Crippen molar-refractivity contribution >= 4 is 34.1 Å². The third kappa shape index (κ3) is 3.67. The summed E-state index contributed by atoms with van der Waals surface area (Å²) in [6.07, 6.45) is 11.7. The molecule has 0 unspecified atom stereocenters. The Hall–Kier alpha value is -2.14. The minimum atomic E-state index is 0.775. The van der Waals surface area contributed by atoms with Crippen LogP contribution in [0.4, 0.5) is 0 Å². The van der Waals surface area contributed by atoms with Gasteiger partial charge in [0.2, 0.25) is 0 Å². The molecule has 0 saturated carbocycles. The van der Waals surface area contributed by atoms with E-state index in [1.54, 1.807) is 11.3 Å². The molecule has 0 atom stereocenters. The van der Waals surface area contributed by atoms with Gasteiger partial charge in [-0.15, -0.1) is 17.8 Å². The van der Waals surface area contributed by atoms with Crippen molar-refractivity contribution in [3.63, 3.8) is 0 Å². The van der Waals surface area contributed by atoms with Gasteiger partial charge in [-0.1, -0.05) is 43.9 Å². The molecular formula is C20H18N2S2. The van der Waals surface area contributed by atoms with Gasteiger partial charge in [0.15, 0.2) is 0 Å². The number of terminal acetylenes is 1. The lowest BCUT2D eigenvalue weighted by atomic mass is 10.1. The molecule has 1 aromatic carbocycles. The van der Waals surface area contributed by atoms with E-state index >= 15 is 0 Å². The van der Waals surface area contributed by atoms with Crippen LogP contribution < -0.4 is 0 Å². The zero-order chi connectivity index (χ0) is 16.8. The van der Waals surface area contributed by atoms with E-state index in [-0.39, 0.29) is 0 Å². The molecule has 24 heavy (non-hydrogen) atoms. The van der Waals surface area contributed by atoms with E-state index in [9.17, 15) is 0 Å². The molecule has 0 aliphatic heterocycles. The Bertz CT molecular complexity index is 932. The van der Waals surface area contributed by atoms with Gasteiger partial charge in [0, 0.05) is 0 Å². The molecule has 0 radical (unpaired) electrons. The van der Waals surface area contributed by atoms with Gasteiger partial charge in [0.05, 0.1) is 27.7 Å². The number of benzene rings is 1. The molecule has 0 aliphatic rings. The Morgan fingerprint density at radius 2 is 1.79 bits per heavy atom. The van der Waals surface area contributed by atoms with Crippen LogP contribution in [0.5, 0.6) is 0 Å². The molecule has 0 fully saturated rings. The second kappa shape index (κ2) is 8.11. The van der Waals surface area contributed by atoms with E-state index in [1.165, 1.54) is 43.0 Å². The first-order chi connectivity index (χ1) is 11.8. The van der Waals surface area contributed by atoms with E-state index in [1.807, 2.05) is 12.1 Å². The van der Waals surface area contributed by atoms with E-state index in [2.05, 4.69) is 44.9 Å². The Morgan fingerprint density at radius 3 is 2.58 bits per heavy atom. The van der Waals surface area contributed by atoms with Crippen molar-refractivity contribution < 1.29 is 0 Å². The topological polar surface area (TPSA) is 25.8 Å². The highest BCUT2D eigenvalue weighted by Crippen LogP contribution is 2.21. The normalized spacial score (nSPS) is 10.3. The number of rotatable bonds is 5. The van der Waals surface area contributed by atoms with Crippen molar-refractivity contribution in [2.24, 2.45) is 0 Å². The van der Waals surface area contributed by atoms with Gasteiger partial charge in [0.25, 0.3) is 0 Å². The molecule has 2 aromatic heterocycles. The Kier molecular flexibility index (Phi) is 5.64. The number of fused-ring (bicyclic) bond motifs is 1. The van der Waals surface area contributed by atoms with E-state index in [0.29, 0.717) is 0 Å². The SMILES string of the molecule is C#Cc1ccc(C#Cc2sccc2CCCCCC)c2nsnc12. The second-order valence-corrected chi connectivity index (χ2v) is 7.05. The predicted molar refractivity (Wildman–Crippen MR) is 103 cm³/mol. The van der Waals surface area contributed by atoms with Crippen LogP contribution in [-0.2, 0) is 6.42 Å². The summed E-state index contributed by atoms with van der Waals surface area (Å²) in [6.45, 7) is 2.24. The highest BCUT2D eigenvalue weighted by Gasteiger charge is 2.08. The summed E-state index contributed by atoms with van der Waals surface area (Å²) in [6, 6.07) is 6.04. The standard InChI is InChI=1S/C20H18N2S2/c1-3-5-6-7-8-16-13-14-23-18(16)12-11-17-10-9-15(4-2)19-20(17)22-24-21-19/h2,9-10,13-14H,3,5-8H2,1H3. The summed E-state index contributed by atoms with van der Waals surface area (Å²) in [5.74, 6) is 9.24. The molecule has 120 valence electrons. The predicted octanol–water partition coefficient (Wildman–Crippen LogP) is 5.26. The Balaban J connectivity index is 1.83. The number of aromatic nitrogens is 2. The summed E-state index contributed by atoms with van der Waals surface area (Å²) >= 11 is 2.89. The summed E-state index contributed by atoms with van der Waals surface area (Å²) in [7, 11) is 0. The fraction of sp³-hybridized carbons (Fsp3) is 0.300. The zero-order valence-corrected chi connectivity index (χ0v) is 15.3. The first-order valence-corrected chi connectivity index (χ1v) is 9.74. The van der Waals surface area contributed by atoms with Crippen LogP contribution in [0.1, 0.15) is 54.2 Å².